The molecule has 1 fully saturated rings. The maximum absolute atomic E-state index is 10.7. The summed E-state index contributed by atoms with van der Waals surface area (Å²) < 4.78 is 12.9. The Hall–Kier alpha value is -2.38. The minimum atomic E-state index is -0.479. The van der Waals surface area contributed by atoms with Crippen molar-refractivity contribution < 1.29 is 14.3 Å². The van der Waals surface area contributed by atoms with Crippen molar-refractivity contribution in [2.24, 2.45) is 18.7 Å². The van der Waals surface area contributed by atoms with E-state index >= 15 is 0 Å². The lowest BCUT2D eigenvalue weighted by Gasteiger charge is -2.18. The van der Waals surface area contributed by atoms with Crippen LogP contribution in [-0.4, -0.2) is 35.4 Å². The Balaban J connectivity index is 1.46. The van der Waals surface area contributed by atoms with Gasteiger partial charge in [0.2, 0.25) is 0 Å². The van der Waals surface area contributed by atoms with Gasteiger partial charge in [-0.2, -0.15) is 5.10 Å². The number of carbonyl (C=O) groups excluding carboxylic acids is 1. The number of rotatable bonds is 8. The summed E-state index contributed by atoms with van der Waals surface area (Å²) in [4.78, 5) is 10.7. The summed E-state index contributed by atoms with van der Waals surface area (Å²) in [6, 6.07) is 7.65. The van der Waals surface area contributed by atoms with Crippen LogP contribution in [0.2, 0.25) is 0 Å². The zero-order valence-corrected chi connectivity index (χ0v) is 14.4. The molecular weight excluding hydrogens is 320 g/mol. The van der Waals surface area contributed by atoms with Crippen LogP contribution in [0.1, 0.15) is 23.7 Å². The third-order valence-corrected chi connectivity index (χ3v) is 4.31. The summed E-state index contributed by atoms with van der Waals surface area (Å²) in [5.74, 6) is 0.610. The number of aryl methyl sites for hydroxylation is 1. The van der Waals surface area contributed by atoms with Crippen LogP contribution in [0, 0.1) is 5.92 Å². The zero-order chi connectivity index (χ0) is 17.6. The Labute approximate surface area is 147 Å². The summed E-state index contributed by atoms with van der Waals surface area (Å²) in [6.45, 7) is 2.35. The first-order valence-electron chi connectivity index (χ1n) is 8.43. The number of hydrogen-bond donors (Lipinski definition) is 2. The zero-order valence-electron chi connectivity index (χ0n) is 14.4. The summed E-state index contributed by atoms with van der Waals surface area (Å²) in [6.07, 6.45) is 5.07. The molecule has 2 atom stereocenters. The van der Waals surface area contributed by atoms with E-state index in [1.807, 2.05) is 48.4 Å². The molecule has 7 nitrogen and oxygen atoms in total. The van der Waals surface area contributed by atoms with Crippen molar-refractivity contribution in [1.82, 2.24) is 15.1 Å². The average molecular weight is 344 g/mol. The van der Waals surface area contributed by atoms with E-state index in [1.54, 1.807) is 0 Å². The monoisotopic (exact) mass is 344 g/mol. The highest BCUT2D eigenvalue weighted by atomic mass is 16.5. The van der Waals surface area contributed by atoms with Crippen molar-refractivity contribution >= 4 is 5.91 Å². The molecule has 0 aliphatic carbocycles. The number of hydrogen-bond acceptors (Lipinski definition) is 5. The van der Waals surface area contributed by atoms with Crippen LogP contribution in [0.15, 0.2) is 36.7 Å². The van der Waals surface area contributed by atoms with Crippen molar-refractivity contribution in [2.45, 2.75) is 19.1 Å². The topological polar surface area (TPSA) is 91.4 Å². The van der Waals surface area contributed by atoms with E-state index in [0.717, 1.165) is 37.2 Å². The predicted molar refractivity (Wildman–Crippen MR) is 92.8 cm³/mol. The summed E-state index contributed by atoms with van der Waals surface area (Å²) >= 11 is 0. The van der Waals surface area contributed by atoms with Gasteiger partial charge in [0, 0.05) is 44.4 Å². The average Bonchev–Trinajstić information content (AvgIpc) is 3.22. The van der Waals surface area contributed by atoms with Crippen molar-refractivity contribution in [2.75, 3.05) is 19.8 Å². The highest BCUT2D eigenvalue weighted by molar-refractivity contribution is 5.75. The molecule has 3 N–H and O–H groups in total. The number of amides is 1. The lowest BCUT2D eigenvalue weighted by Crippen LogP contribution is -2.24. The molecule has 2 aromatic rings. The second-order valence-corrected chi connectivity index (χ2v) is 6.32. The molecule has 7 heteroatoms. The fourth-order valence-corrected chi connectivity index (χ4v) is 3.06. The van der Waals surface area contributed by atoms with Crippen LogP contribution < -0.4 is 15.8 Å². The Kier molecular flexibility index (Phi) is 5.67. The molecule has 0 saturated carbocycles. The maximum atomic E-state index is 10.7. The molecule has 0 unspecified atom stereocenters. The van der Waals surface area contributed by atoms with Gasteiger partial charge in [-0.1, -0.05) is 12.1 Å². The molecule has 1 saturated heterocycles. The van der Waals surface area contributed by atoms with Crippen molar-refractivity contribution in [3.63, 3.8) is 0 Å². The Morgan fingerprint density at radius 2 is 2.24 bits per heavy atom. The fourth-order valence-electron chi connectivity index (χ4n) is 3.06. The highest BCUT2D eigenvalue weighted by Crippen LogP contribution is 2.33. The standard InChI is InChI=1S/C18H24N4O3/c1-22-11-15(10-21-22)18-14(6-7-24-18)9-20-8-13-2-4-16(5-3-13)25-12-17(19)23/h2-5,10-11,14,18,20H,6-9,12H2,1H3,(H2,19,23)/t14-,18-/m1/s1. The molecule has 0 bridgehead atoms. The first-order chi connectivity index (χ1) is 12.1. The SMILES string of the molecule is Cn1cc([C@@H]2OCC[C@@H]2CNCc2ccc(OCC(N)=O)cc2)cn1. The van der Waals surface area contributed by atoms with Gasteiger partial charge >= 0.3 is 0 Å². The third-order valence-electron chi connectivity index (χ3n) is 4.31. The van der Waals surface area contributed by atoms with Gasteiger partial charge in [0.05, 0.1) is 12.3 Å². The largest absolute Gasteiger partial charge is 0.484 e. The normalized spacial score (nSPS) is 19.9. The lowest BCUT2D eigenvalue weighted by molar-refractivity contribution is -0.119. The Morgan fingerprint density at radius 1 is 1.44 bits per heavy atom. The summed E-state index contributed by atoms with van der Waals surface area (Å²) in [7, 11) is 1.92. The molecule has 1 amide bonds. The lowest BCUT2D eigenvalue weighted by atomic mass is 9.97. The molecule has 1 aliphatic rings. The van der Waals surface area contributed by atoms with Crippen molar-refractivity contribution in [3.05, 3.63) is 47.8 Å². The van der Waals surface area contributed by atoms with Gasteiger partial charge in [-0.05, 0) is 24.1 Å². The second kappa shape index (κ2) is 8.13. The number of nitrogens with zero attached hydrogens (tertiary/aromatic N) is 2. The molecule has 1 aromatic carbocycles. The number of carbonyl (C=O) groups is 1. The number of aromatic nitrogens is 2. The number of benzene rings is 1. The third kappa shape index (κ3) is 4.80. The first-order valence-corrected chi connectivity index (χ1v) is 8.43. The van der Waals surface area contributed by atoms with Gasteiger partial charge in [-0.3, -0.25) is 9.48 Å². The smallest absolute Gasteiger partial charge is 0.255 e. The molecule has 3 rings (SSSR count). The molecule has 134 valence electrons. The van der Waals surface area contributed by atoms with Crippen LogP contribution in [-0.2, 0) is 23.1 Å². The Bertz CT molecular complexity index is 699. The second-order valence-electron chi connectivity index (χ2n) is 6.32. The number of nitrogens with one attached hydrogen (secondary N) is 1. The molecule has 0 spiro atoms. The van der Waals surface area contributed by atoms with Gasteiger partial charge < -0.3 is 20.5 Å². The maximum Gasteiger partial charge on any atom is 0.255 e. The quantitative estimate of drug-likeness (QED) is 0.750. The molecule has 1 aromatic heterocycles. The predicted octanol–water partition coefficient (Wildman–Crippen LogP) is 1.15. The number of ether oxygens (including phenoxy) is 2. The van der Waals surface area contributed by atoms with Crippen LogP contribution in [0.5, 0.6) is 5.75 Å². The highest BCUT2D eigenvalue weighted by Gasteiger charge is 2.30. The van der Waals surface area contributed by atoms with Gasteiger partial charge in [-0.25, -0.2) is 0 Å². The molecule has 1 aliphatic heterocycles. The van der Waals surface area contributed by atoms with E-state index < -0.39 is 5.91 Å². The van der Waals surface area contributed by atoms with Crippen LogP contribution in [0.25, 0.3) is 0 Å². The first kappa shape index (κ1) is 17.4. The van der Waals surface area contributed by atoms with E-state index in [1.165, 1.54) is 0 Å². The van der Waals surface area contributed by atoms with E-state index in [-0.39, 0.29) is 12.7 Å². The number of nitrogens with two attached hydrogens (primary N) is 1. The van der Waals surface area contributed by atoms with E-state index in [0.29, 0.717) is 11.7 Å². The molecule has 25 heavy (non-hydrogen) atoms. The van der Waals surface area contributed by atoms with E-state index in [2.05, 4.69) is 10.4 Å². The van der Waals surface area contributed by atoms with Gasteiger partial charge in [0.25, 0.3) is 5.91 Å². The van der Waals surface area contributed by atoms with Crippen LogP contribution in [0.4, 0.5) is 0 Å². The summed E-state index contributed by atoms with van der Waals surface area (Å²) in [5.41, 5.74) is 7.36. The van der Waals surface area contributed by atoms with Gasteiger partial charge in [0.15, 0.2) is 6.61 Å². The molecule has 2 heterocycles. The minimum absolute atomic E-state index is 0.102. The van der Waals surface area contributed by atoms with Gasteiger partial charge in [0.1, 0.15) is 5.75 Å². The molecule has 0 radical (unpaired) electrons. The van der Waals surface area contributed by atoms with Crippen LogP contribution >= 0.6 is 0 Å². The van der Waals surface area contributed by atoms with Crippen LogP contribution in [0.3, 0.4) is 0 Å². The summed E-state index contributed by atoms with van der Waals surface area (Å²) in [5, 5.41) is 7.73. The van der Waals surface area contributed by atoms with E-state index in [4.69, 9.17) is 15.2 Å². The number of primary amides is 1. The van der Waals surface area contributed by atoms with Crippen molar-refractivity contribution in [1.29, 1.82) is 0 Å². The van der Waals surface area contributed by atoms with Crippen molar-refractivity contribution in [3.8, 4) is 5.75 Å². The fraction of sp³-hybridized carbons (Fsp3) is 0.444. The van der Waals surface area contributed by atoms with Gasteiger partial charge in [-0.15, -0.1) is 0 Å². The molecular formula is C18H24N4O3. The Morgan fingerprint density at radius 3 is 2.92 bits per heavy atom. The van der Waals surface area contributed by atoms with E-state index in [9.17, 15) is 4.79 Å². The minimum Gasteiger partial charge on any atom is -0.484 e.